The number of benzene rings is 1. The van der Waals surface area contributed by atoms with Crippen LogP contribution >= 0.6 is 15.9 Å². The summed E-state index contributed by atoms with van der Waals surface area (Å²) in [5, 5.41) is 0. The molecule has 90 valence electrons. The van der Waals surface area contributed by atoms with Gasteiger partial charge in [-0.2, -0.15) is 0 Å². The molecule has 2 rings (SSSR count). The van der Waals surface area contributed by atoms with E-state index in [9.17, 15) is 4.79 Å². The Balaban J connectivity index is 2.23. The first kappa shape index (κ1) is 12.4. The van der Waals surface area contributed by atoms with E-state index in [0.29, 0.717) is 6.42 Å². The maximum atomic E-state index is 11.4. The van der Waals surface area contributed by atoms with Crippen LogP contribution in [0.5, 0.6) is 5.75 Å². The highest BCUT2D eigenvalue weighted by atomic mass is 79.9. The molecule has 1 aliphatic rings. The highest BCUT2D eigenvalue weighted by Crippen LogP contribution is 2.28. The minimum Gasteiger partial charge on any atom is -0.496 e. The quantitative estimate of drug-likeness (QED) is 0.850. The first-order valence-electron chi connectivity index (χ1n) is 5.74. The largest absolute Gasteiger partial charge is 0.496 e. The molecule has 0 N–H and O–H groups in total. The molecule has 1 aromatic rings. The van der Waals surface area contributed by atoms with Gasteiger partial charge in [0.2, 0.25) is 0 Å². The number of hydrogen-bond donors (Lipinski definition) is 0. The number of allylic oxidation sites excluding steroid dienone is 2. The number of ether oxygens (including phenoxy) is 1. The first-order valence-corrected chi connectivity index (χ1v) is 6.53. The SMILES string of the molecule is COc1ccc(Br)cc1CC1=CC(=O)CCC1. The lowest BCUT2D eigenvalue weighted by Gasteiger charge is -2.14. The number of rotatable bonds is 3. The molecule has 0 radical (unpaired) electrons. The summed E-state index contributed by atoms with van der Waals surface area (Å²) in [5.41, 5.74) is 2.33. The average molecular weight is 295 g/mol. The van der Waals surface area contributed by atoms with Gasteiger partial charge in [0.05, 0.1) is 7.11 Å². The van der Waals surface area contributed by atoms with Gasteiger partial charge in [-0.05, 0) is 49.1 Å². The summed E-state index contributed by atoms with van der Waals surface area (Å²) >= 11 is 3.46. The number of halogens is 1. The molecule has 1 aliphatic carbocycles. The third-order valence-corrected chi connectivity index (χ3v) is 3.44. The van der Waals surface area contributed by atoms with Crippen LogP contribution in [0.3, 0.4) is 0 Å². The van der Waals surface area contributed by atoms with Gasteiger partial charge in [0.1, 0.15) is 5.75 Å². The van der Waals surface area contributed by atoms with Gasteiger partial charge in [-0.15, -0.1) is 0 Å². The second kappa shape index (κ2) is 5.50. The molecule has 0 heterocycles. The molecule has 0 atom stereocenters. The van der Waals surface area contributed by atoms with Gasteiger partial charge in [0.25, 0.3) is 0 Å². The van der Waals surface area contributed by atoms with Crippen LogP contribution in [0.2, 0.25) is 0 Å². The van der Waals surface area contributed by atoms with Gasteiger partial charge in [0, 0.05) is 10.9 Å². The molecule has 0 saturated heterocycles. The number of carbonyl (C=O) groups excluding carboxylic acids is 1. The fraction of sp³-hybridized carbons (Fsp3) is 0.357. The van der Waals surface area contributed by atoms with Crippen molar-refractivity contribution in [1.29, 1.82) is 0 Å². The smallest absolute Gasteiger partial charge is 0.155 e. The summed E-state index contributed by atoms with van der Waals surface area (Å²) in [7, 11) is 1.67. The molecule has 0 unspecified atom stereocenters. The minimum atomic E-state index is 0.250. The Morgan fingerprint density at radius 1 is 1.35 bits per heavy atom. The molecule has 1 aromatic carbocycles. The zero-order chi connectivity index (χ0) is 12.3. The lowest BCUT2D eigenvalue weighted by atomic mass is 9.93. The zero-order valence-electron chi connectivity index (χ0n) is 9.83. The molecule has 0 bridgehead atoms. The molecule has 0 saturated carbocycles. The predicted octanol–water partition coefficient (Wildman–Crippen LogP) is 3.68. The van der Waals surface area contributed by atoms with Crippen LogP contribution in [0.25, 0.3) is 0 Å². The molecule has 0 amide bonds. The summed E-state index contributed by atoms with van der Waals surface area (Å²) in [6.07, 6.45) is 5.28. The van der Waals surface area contributed by atoms with E-state index >= 15 is 0 Å². The number of methoxy groups -OCH3 is 1. The van der Waals surface area contributed by atoms with Crippen LogP contribution in [0, 0.1) is 0 Å². The maximum absolute atomic E-state index is 11.4. The Bertz CT molecular complexity index is 463. The van der Waals surface area contributed by atoms with E-state index in [1.165, 1.54) is 5.57 Å². The van der Waals surface area contributed by atoms with E-state index < -0.39 is 0 Å². The van der Waals surface area contributed by atoms with Crippen molar-refractivity contribution >= 4 is 21.7 Å². The lowest BCUT2D eigenvalue weighted by Crippen LogP contribution is -2.05. The van der Waals surface area contributed by atoms with Crippen LogP contribution in [-0.4, -0.2) is 12.9 Å². The van der Waals surface area contributed by atoms with Crippen molar-refractivity contribution in [1.82, 2.24) is 0 Å². The number of carbonyl (C=O) groups is 1. The monoisotopic (exact) mass is 294 g/mol. The van der Waals surface area contributed by atoms with E-state index in [4.69, 9.17) is 4.74 Å². The standard InChI is InChI=1S/C14H15BrO2/c1-17-14-6-5-12(15)9-11(14)7-10-3-2-4-13(16)8-10/h5-6,8-9H,2-4,7H2,1H3. The predicted molar refractivity (Wildman–Crippen MR) is 71.3 cm³/mol. The van der Waals surface area contributed by atoms with E-state index in [0.717, 1.165) is 35.0 Å². The third kappa shape index (κ3) is 3.19. The average Bonchev–Trinajstić information content (AvgIpc) is 2.29. The second-order valence-electron chi connectivity index (χ2n) is 4.26. The zero-order valence-corrected chi connectivity index (χ0v) is 11.4. The molecule has 17 heavy (non-hydrogen) atoms. The molecule has 2 nitrogen and oxygen atoms in total. The van der Waals surface area contributed by atoms with Gasteiger partial charge in [-0.25, -0.2) is 0 Å². The summed E-state index contributed by atoms with van der Waals surface area (Å²) in [5.74, 6) is 1.13. The van der Waals surface area contributed by atoms with Gasteiger partial charge >= 0.3 is 0 Å². The van der Waals surface area contributed by atoms with Crippen LogP contribution in [-0.2, 0) is 11.2 Å². The topological polar surface area (TPSA) is 26.3 Å². The van der Waals surface area contributed by atoms with E-state index in [2.05, 4.69) is 22.0 Å². The second-order valence-corrected chi connectivity index (χ2v) is 5.17. The van der Waals surface area contributed by atoms with Crippen molar-refractivity contribution in [3.63, 3.8) is 0 Å². The van der Waals surface area contributed by atoms with Crippen molar-refractivity contribution < 1.29 is 9.53 Å². The van der Waals surface area contributed by atoms with Crippen LogP contribution in [0.1, 0.15) is 24.8 Å². The minimum absolute atomic E-state index is 0.250. The summed E-state index contributed by atoms with van der Waals surface area (Å²) in [4.78, 5) is 11.4. The van der Waals surface area contributed by atoms with E-state index in [-0.39, 0.29) is 5.78 Å². The summed E-state index contributed by atoms with van der Waals surface area (Å²) < 4.78 is 6.37. The fourth-order valence-electron chi connectivity index (χ4n) is 2.13. The van der Waals surface area contributed by atoms with E-state index in [1.54, 1.807) is 13.2 Å². The molecule has 0 spiro atoms. The van der Waals surface area contributed by atoms with Crippen molar-refractivity contribution in [2.75, 3.05) is 7.11 Å². The van der Waals surface area contributed by atoms with Gasteiger partial charge in [-0.3, -0.25) is 4.79 Å². The highest BCUT2D eigenvalue weighted by molar-refractivity contribution is 9.10. The van der Waals surface area contributed by atoms with Crippen LogP contribution < -0.4 is 4.74 Å². The Hall–Kier alpha value is -1.09. The third-order valence-electron chi connectivity index (χ3n) is 2.95. The molecular weight excluding hydrogens is 280 g/mol. The molecular formula is C14H15BrO2. The Morgan fingerprint density at radius 3 is 2.88 bits per heavy atom. The fourth-order valence-corrected chi connectivity index (χ4v) is 2.54. The molecule has 0 aromatic heterocycles. The molecule has 3 heteroatoms. The van der Waals surface area contributed by atoms with Crippen molar-refractivity contribution in [2.24, 2.45) is 0 Å². The summed E-state index contributed by atoms with van der Waals surface area (Å²) in [6.45, 7) is 0. The maximum Gasteiger partial charge on any atom is 0.155 e. The van der Waals surface area contributed by atoms with Crippen molar-refractivity contribution in [3.8, 4) is 5.75 Å². The van der Waals surface area contributed by atoms with Crippen molar-refractivity contribution in [3.05, 3.63) is 39.9 Å². The Kier molecular flexibility index (Phi) is 4.00. The summed E-state index contributed by atoms with van der Waals surface area (Å²) in [6, 6.07) is 5.96. The van der Waals surface area contributed by atoms with Crippen LogP contribution in [0.15, 0.2) is 34.3 Å². The lowest BCUT2D eigenvalue weighted by molar-refractivity contribution is -0.115. The number of ketones is 1. The molecule has 0 aliphatic heterocycles. The highest BCUT2D eigenvalue weighted by Gasteiger charge is 2.12. The Labute approximate surface area is 110 Å². The normalized spacial score (nSPS) is 15.6. The first-order chi connectivity index (χ1) is 8.19. The van der Waals surface area contributed by atoms with Crippen LogP contribution in [0.4, 0.5) is 0 Å². The molecule has 0 fully saturated rings. The van der Waals surface area contributed by atoms with Gasteiger partial charge in [0.15, 0.2) is 5.78 Å². The van der Waals surface area contributed by atoms with Gasteiger partial charge in [-0.1, -0.05) is 21.5 Å². The van der Waals surface area contributed by atoms with Gasteiger partial charge < -0.3 is 4.74 Å². The van der Waals surface area contributed by atoms with E-state index in [1.807, 2.05) is 12.1 Å². The number of hydrogen-bond acceptors (Lipinski definition) is 2. The Morgan fingerprint density at radius 2 is 2.18 bits per heavy atom. The van der Waals surface area contributed by atoms with Crippen molar-refractivity contribution in [2.45, 2.75) is 25.7 Å².